The molecule has 0 fully saturated rings. The van der Waals surface area contributed by atoms with E-state index in [9.17, 15) is 4.79 Å². The molecule has 0 aliphatic carbocycles. The third-order valence-corrected chi connectivity index (χ3v) is 3.46. The van der Waals surface area contributed by atoms with E-state index in [-0.39, 0.29) is 5.91 Å². The Hall–Kier alpha value is -2.10. The van der Waals surface area contributed by atoms with Crippen LogP contribution in [0.1, 0.15) is 30.8 Å². The molecule has 0 aliphatic rings. The Balaban J connectivity index is 2.09. The summed E-state index contributed by atoms with van der Waals surface area (Å²) in [6.07, 6.45) is 0.366. The quantitative estimate of drug-likeness (QED) is 0.916. The van der Waals surface area contributed by atoms with Crippen molar-refractivity contribution >= 4 is 11.6 Å². The first-order valence-corrected chi connectivity index (χ1v) is 7.35. The maximum Gasteiger partial charge on any atom is 0.228 e. The lowest BCUT2D eigenvalue weighted by Gasteiger charge is -2.08. The highest BCUT2D eigenvalue weighted by molar-refractivity contribution is 5.92. The fourth-order valence-corrected chi connectivity index (χ4v) is 2.40. The van der Waals surface area contributed by atoms with Gasteiger partial charge in [0.2, 0.25) is 5.91 Å². The maximum absolute atomic E-state index is 12.2. The largest absolute Gasteiger partial charge is 0.326 e. The van der Waals surface area contributed by atoms with E-state index in [0.717, 1.165) is 29.2 Å². The number of nitrogens with zero attached hydrogens (tertiary/aromatic N) is 2. The molecule has 0 saturated heterocycles. The topological polar surface area (TPSA) is 46.9 Å². The molecule has 0 saturated carbocycles. The molecule has 112 valence electrons. The molecule has 1 aromatic carbocycles. The number of rotatable bonds is 5. The minimum absolute atomic E-state index is 0.00324. The van der Waals surface area contributed by atoms with Crippen molar-refractivity contribution in [2.45, 2.75) is 40.7 Å². The molecule has 0 unspecified atom stereocenters. The minimum atomic E-state index is -0.00324. The molecule has 21 heavy (non-hydrogen) atoms. The number of nitrogens with one attached hydrogen (secondary N) is 1. The second-order valence-electron chi connectivity index (χ2n) is 5.82. The normalized spacial score (nSPS) is 10.9. The molecule has 4 nitrogen and oxygen atoms in total. The first-order valence-electron chi connectivity index (χ1n) is 7.35. The molecule has 0 atom stereocenters. The molecule has 0 spiro atoms. The molecule has 1 N–H and O–H groups in total. The van der Waals surface area contributed by atoms with Crippen LogP contribution in [0.2, 0.25) is 0 Å². The van der Waals surface area contributed by atoms with Crippen LogP contribution in [0, 0.1) is 19.8 Å². The lowest BCUT2D eigenvalue weighted by Crippen LogP contribution is -2.15. The third kappa shape index (κ3) is 3.94. The highest BCUT2D eigenvalue weighted by atomic mass is 16.1. The molecule has 2 aromatic rings. The van der Waals surface area contributed by atoms with Crippen LogP contribution in [0.5, 0.6) is 0 Å². The van der Waals surface area contributed by atoms with Crippen LogP contribution < -0.4 is 5.32 Å². The van der Waals surface area contributed by atoms with E-state index in [2.05, 4.69) is 24.3 Å². The number of amides is 1. The minimum Gasteiger partial charge on any atom is -0.326 e. The molecule has 2 rings (SSSR count). The summed E-state index contributed by atoms with van der Waals surface area (Å²) in [5.41, 5.74) is 3.89. The van der Waals surface area contributed by atoms with Crippen molar-refractivity contribution in [1.29, 1.82) is 0 Å². The lowest BCUT2D eigenvalue weighted by molar-refractivity contribution is -0.115. The van der Waals surface area contributed by atoms with Gasteiger partial charge in [-0.1, -0.05) is 32.0 Å². The van der Waals surface area contributed by atoms with Crippen molar-refractivity contribution in [3.63, 3.8) is 0 Å². The molecule has 0 radical (unpaired) electrons. The van der Waals surface area contributed by atoms with Gasteiger partial charge in [-0.2, -0.15) is 5.10 Å². The number of carbonyl (C=O) groups excluding carboxylic acids is 1. The summed E-state index contributed by atoms with van der Waals surface area (Å²) in [4.78, 5) is 12.2. The summed E-state index contributed by atoms with van der Waals surface area (Å²) in [5.74, 6) is 0.533. The van der Waals surface area contributed by atoms with Crippen molar-refractivity contribution in [2.75, 3.05) is 5.32 Å². The van der Waals surface area contributed by atoms with Gasteiger partial charge in [0.25, 0.3) is 0 Å². The molecule has 1 aromatic heterocycles. The van der Waals surface area contributed by atoms with Gasteiger partial charge in [-0.15, -0.1) is 0 Å². The van der Waals surface area contributed by atoms with E-state index < -0.39 is 0 Å². The van der Waals surface area contributed by atoms with E-state index in [1.807, 2.05) is 48.9 Å². The average Bonchev–Trinajstić information content (AvgIpc) is 2.67. The zero-order valence-corrected chi connectivity index (χ0v) is 13.2. The van der Waals surface area contributed by atoms with Gasteiger partial charge in [-0.3, -0.25) is 9.48 Å². The number of anilines is 1. The SMILES string of the molecule is Cc1nn(CC(C)C)c(C)c1CC(=O)Nc1ccccc1. The average molecular weight is 285 g/mol. The molecule has 1 heterocycles. The van der Waals surface area contributed by atoms with Crippen LogP contribution >= 0.6 is 0 Å². The van der Waals surface area contributed by atoms with E-state index in [4.69, 9.17) is 0 Å². The van der Waals surface area contributed by atoms with Gasteiger partial charge in [0.05, 0.1) is 12.1 Å². The third-order valence-electron chi connectivity index (χ3n) is 3.46. The number of para-hydroxylation sites is 1. The number of hydrogen-bond acceptors (Lipinski definition) is 2. The van der Waals surface area contributed by atoms with Gasteiger partial charge in [0, 0.05) is 23.5 Å². The van der Waals surface area contributed by atoms with Crippen molar-refractivity contribution in [3.05, 3.63) is 47.3 Å². The fourth-order valence-electron chi connectivity index (χ4n) is 2.40. The number of hydrogen-bond donors (Lipinski definition) is 1. The van der Waals surface area contributed by atoms with Gasteiger partial charge in [-0.05, 0) is 31.9 Å². The van der Waals surface area contributed by atoms with Crippen LogP contribution in [-0.4, -0.2) is 15.7 Å². The predicted molar refractivity (Wildman–Crippen MR) is 85.3 cm³/mol. The second-order valence-corrected chi connectivity index (χ2v) is 5.82. The molecule has 0 aliphatic heterocycles. The lowest BCUT2D eigenvalue weighted by atomic mass is 10.1. The monoisotopic (exact) mass is 285 g/mol. The van der Waals surface area contributed by atoms with Crippen LogP contribution in [0.25, 0.3) is 0 Å². The molecule has 1 amide bonds. The Kier molecular flexibility index (Phi) is 4.78. The number of aryl methyl sites for hydroxylation is 1. The van der Waals surface area contributed by atoms with Crippen molar-refractivity contribution < 1.29 is 4.79 Å². The van der Waals surface area contributed by atoms with E-state index in [1.54, 1.807) is 0 Å². The molecular weight excluding hydrogens is 262 g/mol. The molecular formula is C17H23N3O. The van der Waals surface area contributed by atoms with E-state index in [0.29, 0.717) is 12.3 Å². The van der Waals surface area contributed by atoms with Gasteiger partial charge < -0.3 is 5.32 Å². The summed E-state index contributed by atoms with van der Waals surface area (Å²) >= 11 is 0. The molecule has 4 heteroatoms. The van der Waals surface area contributed by atoms with Crippen molar-refractivity contribution in [1.82, 2.24) is 9.78 Å². The van der Waals surface area contributed by atoms with Gasteiger partial charge in [0.1, 0.15) is 0 Å². The van der Waals surface area contributed by atoms with Crippen LogP contribution in [-0.2, 0) is 17.8 Å². The van der Waals surface area contributed by atoms with E-state index >= 15 is 0 Å². The van der Waals surface area contributed by atoms with E-state index in [1.165, 1.54) is 0 Å². The first kappa shape index (κ1) is 15.3. The Morgan fingerprint density at radius 1 is 1.24 bits per heavy atom. The predicted octanol–water partition coefficient (Wildman–Crippen LogP) is 3.34. The van der Waals surface area contributed by atoms with Gasteiger partial charge >= 0.3 is 0 Å². The summed E-state index contributed by atoms with van der Waals surface area (Å²) < 4.78 is 2.01. The standard InChI is InChI=1S/C17H23N3O/c1-12(2)11-20-14(4)16(13(3)19-20)10-17(21)18-15-8-6-5-7-9-15/h5-9,12H,10-11H2,1-4H3,(H,18,21). The Morgan fingerprint density at radius 3 is 2.52 bits per heavy atom. The highest BCUT2D eigenvalue weighted by Crippen LogP contribution is 2.16. The Morgan fingerprint density at radius 2 is 1.90 bits per heavy atom. The van der Waals surface area contributed by atoms with Gasteiger partial charge in [-0.25, -0.2) is 0 Å². The second kappa shape index (κ2) is 6.57. The van der Waals surface area contributed by atoms with Crippen LogP contribution in [0.3, 0.4) is 0 Å². The van der Waals surface area contributed by atoms with Crippen LogP contribution in [0.15, 0.2) is 30.3 Å². The smallest absolute Gasteiger partial charge is 0.228 e. The number of benzene rings is 1. The Labute approximate surface area is 126 Å². The number of carbonyl (C=O) groups is 1. The summed E-state index contributed by atoms with van der Waals surface area (Å²) in [5, 5.41) is 7.47. The number of aromatic nitrogens is 2. The first-order chi connectivity index (χ1) is 9.97. The maximum atomic E-state index is 12.2. The fraction of sp³-hybridized carbons (Fsp3) is 0.412. The zero-order valence-electron chi connectivity index (χ0n) is 13.2. The summed E-state index contributed by atoms with van der Waals surface area (Å²) in [7, 11) is 0. The molecule has 0 bridgehead atoms. The highest BCUT2D eigenvalue weighted by Gasteiger charge is 2.15. The summed E-state index contributed by atoms with van der Waals surface area (Å²) in [6.45, 7) is 9.21. The summed E-state index contributed by atoms with van der Waals surface area (Å²) in [6, 6.07) is 9.53. The van der Waals surface area contributed by atoms with Gasteiger partial charge in [0.15, 0.2) is 0 Å². The zero-order chi connectivity index (χ0) is 15.4. The van der Waals surface area contributed by atoms with Crippen molar-refractivity contribution in [2.24, 2.45) is 5.92 Å². The van der Waals surface area contributed by atoms with Crippen molar-refractivity contribution in [3.8, 4) is 0 Å². The Bertz CT molecular complexity index is 614. The van der Waals surface area contributed by atoms with Crippen LogP contribution in [0.4, 0.5) is 5.69 Å².